The molecule has 0 aliphatic rings. The fraction of sp³-hybridized carbons (Fsp3) is 0.706. The van der Waals surface area contributed by atoms with Crippen molar-refractivity contribution >= 4 is 29.8 Å². The van der Waals surface area contributed by atoms with Gasteiger partial charge in [-0.15, -0.1) is 0 Å². The van der Waals surface area contributed by atoms with E-state index in [0.29, 0.717) is 52.8 Å². The molecule has 135 heavy (non-hydrogen) atoms. The third-order valence-electron chi connectivity index (χ3n) is 27.0. The van der Waals surface area contributed by atoms with E-state index in [0.717, 1.165) is 245 Å². The normalized spacial score (nSPS) is 12.4. The fourth-order valence-electron chi connectivity index (χ4n) is 17.6. The molecule has 0 unspecified atom stereocenters. The van der Waals surface area contributed by atoms with Gasteiger partial charge in [-0.2, -0.15) is 0 Å². The molecule has 0 fully saturated rings. The van der Waals surface area contributed by atoms with Crippen molar-refractivity contribution in [2.24, 2.45) is 54.1 Å². The van der Waals surface area contributed by atoms with E-state index in [9.17, 15) is 80.1 Å². The van der Waals surface area contributed by atoms with Gasteiger partial charge in [0.05, 0.1) is 27.1 Å². The van der Waals surface area contributed by atoms with E-state index in [4.69, 9.17) is 0 Å². The average molecular weight is 1880 g/mol. The van der Waals surface area contributed by atoms with E-state index in [2.05, 4.69) is 156 Å². The summed E-state index contributed by atoms with van der Waals surface area (Å²) in [6.45, 7) is 60.8. The molecule has 0 heterocycles. The van der Waals surface area contributed by atoms with Crippen molar-refractivity contribution in [2.75, 3.05) is 0 Å². The molecule has 0 bridgehead atoms. The van der Waals surface area contributed by atoms with Crippen LogP contribution in [0.5, 0.6) is 34.5 Å². The van der Waals surface area contributed by atoms with Gasteiger partial charge in [0.2, 0.25) is 0 Å². The van der Waals surface area contributed by atoms with Gasteiger partial charge in [-0.1, -0.05) is 236 Å². The Morgan fingerprint density at radius 1 is 0.200 bits per heavy atom. The number of unbranched alkanes of at least 4 members (excludes halogenated alkanes) is 15. The number of aromatic hydroxyl groups is 6. The predicted octanol–water partition coefficient (Wildman–Crippen LogP) is 32.8. The van der Waals surface area contributed by atoms with Crippen molar-refractivity contribution < 1.29 is 80.1 Å². The highest BCUT2D eigenvalue weighted by Crippen LogP contribution is 2.39. The Balaban J connectivity index is 0.000000844. The van der Waals surface area contributed by atoms with Crippen molar-refractivity contribution in [3.63, 3.8) is 0 Å². The van der Waals surface area contributed by atoms with Crippen LogP contribution in [0.3, 0.4) is 0 Å². The van der Waals surface area contributed by atoms with Gasteiger partial charge in [-0.05, 0) is 397 Å². The van der Waals surface area contributed by atoms with Crippen molar-refractivity contribution in [2.45, 2.75) is 490 Å². The van der Waals surface area contributed by atoms with Gasteiger partial charge in [0.25, 0.3) is 0 Å². The third-order valence-corrected chi connectivity index (χ3v) is 27.0. The molecule has 0 aromatic heterocycles. The first-order valence-corrected chi connectivity index (χ1v) is 52.1. The number of hydrogen-bond acceptors (Lipinski definition) is 11. The molecule has 0 amide bonds. The number of rotatable bonds is 55. The molecule has 0 spiro atoms. The number of aryl methyl sites for hydroxylation is 8. The van der Waals surface area contributed by atoms with Gasteiger partial charge >= 0.3 is 29.8 Å². The minimum atomic E-state index is -0.759. The van der Waals surface area contributed by atoms with Crippen LogP contribution in [0, 0.1) is 81.8 Å². The molecule has 0 radical (unpaired) electrons. The quantitative estimate of drug-likeness (QED) is 0.0127. The smallest absolute Gasteiger partial charge is 0.309 e. The van der Waals surface area contributed by atoms with Gasteiger partial charge < -0.3 is 56.2 Å². The Bertz CT molecular complexity index is 4100. The summed E-state index contributed by atoms with van der Waals surface area (Å²) < 4.78 is 0. The topological polar surface area (TPSA) is 308 Å². The highest BCUT2D eigenvalue weighted by Gasteiger charge is 2.31. The van der Waals surface area contributed by atoms with Gasteiger partial charge in [-0.3, -0.25) is 24.0 Å². The van der Waals surface area contributed by atoms with Gasteiger partial charge in [-0.25, -0.2) is 0 Å². The summed E-state index contributed by atoms with van der Waals surface area (Å²) in [5.41, 5.74) is 15.9. The van der Waals surface area contributed by atoms with Gasteiger partial charge in [0.15, 0.2) is 0 Å². The average Bonchev–Trinajstić information content (AvgIpc) is 0.850. The maximum atomic E-state index is 11.2. The summed E-state index contributed by atoms with van der Waals surface area (Å²) in [5.74, 6) is -2.53. The van der Waals surface area contributed by atoms with Crippen molar-refractivity contribution in [3.05, 3.63) is 139 Å². The highest BCUT2D eigenvalue weighted by molar-refractivity contribution is 5.75. The zero-order chi connectivity index (χ0) is 103. The lowest BCUT2D eigenvalue weighted by molar-refractivity contribution is -0.148. The van der Waals surface area contributed by atoms with E-state index in [1.165, 1.54) is 102 Å². The maximum Gasteiger partial charge on any atom is 0.309 e. The number of hydrogen-bond donors (Lipinski definition) is 11. The predicted molar refractivity (Wildman–Crippen MR) is 564 cm³/mol. The van der Waals surface area contributed by atoms with Crippen LogP contribution in [0.1, 0.15) is 476 Å². The molecular formula is C119H198O16. The molecule has 770 valence electrons. The van der Waals surface area contributed by atoms with Crippen molar-refractivity contribution in [1.82, 2.24) is 0 Å². The van der Waals surface area contributed by atoms with Crippen molar-refractivity contribution in [1.29, 1.82) is 0 Å². The Morgan fingerprint density at radius 3 is 0.593 bits per heavy atom. The molecule has 5 aromatic rings. The number of phenolic OH excluding ortho intramolecular Hbond substituents is 6. The van der Waals surface area contributed by atoms with E-state index in [-0.39, 0.29) is 34.5 Å². The van der Waals surface area contributed by atoms with Crippen molar-refractivity contribution in [3.8, 4) is 34.5 Å². The molecule has 11 N–H and O–H groups in total. The van der Waals surface area contributed by atoms with Crippen LogP contribution in [-0.2, 0) is 88.2 Å². The highest BCUT2D eigenvalue weighted by atomic mass is 16.4. The van der Waals surface area contributed by atoms with E-state index in [1.807, 2.05) is 27.7 Å². The molecule has 0 aliphatic heterocycles. The molecule has 0 saturated carbocycles. The Kier molecular flexibility index (Phi) is 55.3. The molecule has 5 aromatic carbocycles. The number of carboxylic acid groups (broad SMARTS) is 5. The standard InChI is InChI=1S/2C25H42O2.3C23H38O4/c1-19-17-20(2)22(14-9-8-11-16-25(6,7)23(26)27)21(18-19)13-10-12-15-24(3,4)5;1-19-17-20(2)22(14-10-12-15-24(3,4)5)21(18-19)13-9-8-11-16-25(6,7)23(26)27;1-22(2,3)13-10-8-11-17-15-18(24)16-20(25)19(17)12-7-6-9-14-23(4,5)21(26)27;1-22(2,3)15-10-8-12-18-17(19(24)13-14-20(18)25)11-7-6-9-16-23(4,5)21(26)27;1-22(2,3)13-10-8-12-19-17(15-18(24)16-20(19)25)11-7-6-9-14-23(4,5)21(26)27/h2*17-18H,8-16H2,1-7H3,(H,26,27);15-16,24-25H,6-14H2,1-5H3,(H,26,27);13-14,24-25H,6-12,15-16H2,1-5H3,(H,26,27);15-16,24-25H,6-14H2,1-5H3,(H,26,27). The number of benzene rings is 5. The number of carboxylic acids is 5. The lowest BCUT2D eigenvalue weighted by Gasteiger charge is -2.19. The minimum absolute atomic E-state index is 0.105. The first-order chi connectivity index (χ1) is 62.1. The lowest BCUT2D eigenvalue weighted by Crippen LogP contribution is -2.23. The second-order valence-electron chi connectivity index (χ2n) is 49.3. The first-order valence-electron chi connectivity index (χ1n) is 52.1. The molecule has 16 heteroatoms. The minimum Gasteiger partial charge on any atom is -0.508 e. The summed E-state index contributed by atoms with van der Waals surface area (Å²) in [4.78, 5) is 55.9. The summed E-state index contributed by atoms with van der Waals surface area (Å²) in [7, 11) is 0. The molecular weight excluding hydrogens is 1690 g/mol. The van der Waals surface area contributed by atoms with Crippen LogP contribution in [0.15, 0.2) is 60.7 Å². The maximum absolute atomic E-state index is 11.2. The second-order valence-corrected chi connectivity index (χ2v) is 49.3. The fourth-order valence-corrected chi connectivity index (χ4v) is 17.6. The van der Waals surface area contributed by atoms with Gasteiger partial charge in [0, 0.05) is 23.3 Å². The summed E-state index contributed by atoms with van der Waals surface area (Å²) in [6.07, 6.45) is 44.9. The van der Waals surface area contributed by atoms with E-state index in [1.54, 1.807) is 71.4 Å². The zero-order valence-electron chi connectivity index (χ0n) is 91.1. The summed E-state index contributed by atoms with van der Waals surface area (Å²) in [5, 5.41) is 107. The molecule has 16 nitrogen and oxygen atoms in total. The number of phenols is 6. The monoisotopic (exact) mass is 1880 g/mol. The van der Waals surface area contributed by atoms with E-state index < -0.39 is 56.9 Å². The van der Waals surface area contributed by atoms with Crippen LogP contribution < -0.4 is 0 Å². The van der Waals surface area contributed by atoms with Crippen LogP contribution in [0.4, 0.5) is 0 Å². The molecule has 0 atom stereocenters. The Morgan fingerprint density at radius 2 is 0.378 bits per heavy atom. The molecule has 0 aliphatic carbocycles. The Hall–Kier alpha value is -7.75. The summed E-state index contributed by atoms with van der Waals surface area (Å²) in [6, 6.07) is 18.9. The second kappa shape index (κ2) is 59.6. The summed E-state index contributed by atoms with van der Waals surface area (Å²) >= 11 is 0. The lowest BCUT2D eigenvalue weighted by atomic mass is 9.86. The number of aliphatic carboxylic acids is 5. The largest absolute Gasteiger partial charge is 0.508 e. The van der Waals surface area contributed by atoms with E-state index >= 15 is 0 Å². The van der Waals surface area contributed by atoms with Crippen LogP contribution >= 0.6 is 0 Å². The number of carbonyl (C=O) groups is 5. The first kappa shape index (κ1) is 125. The van der Waals surface area contributed by atoms with Crippen LogP contribution in [-0.4, -0.2) is 86.0 Å². The van der Waals surface area contributed by atoms with Crippen LogP contribution in [0.2, 0.25) is 0 Å². The third kappa shape index (κ3) is 55.0. The molecule has 0 saturated heterocycles. The zero-order valence-corrected chi connectivity index (χ0v) is 91.1. The molecule has 5 rings (SSSR count). The van der Waals surface area contributed by atoms with Gasteiger partial charge in [0.1, 0.15) is 34.5 Å². The Labute approximate surface area is 822 Å². The van der Waals surface area contributed by atoms with Crippen LogP contribution in [0.25, 0.3) is 0 Å². The SMILES string of the molecule is CC(C)(C)CCCCc1c(O)cc(O)cc1CCCCCC(C)(C)C(=O)O.CC(C)(C)CCCCc1c(O)ccc(O)c1CCCCCC(C)(C)C(=O)O.CC(C)(C)CCCCc1cc(O)cc(O)c1CCCCCC(C)(C)C(=O)O.Cc1cc(C)c(CCCCC(C)(C)C)c(CCCCCC(C)(C)C(=O)O)c1.Cc1cc(C)c(CCCCCC(C)(C)C(=O)O)c(CCCCC(C)(C)C)c1.